The van der Waals surface area contributed by atoms with Crippen molar-refractivity contribution >= 4 is 21.6 Å². The first-order valence-corrected chi connectivity index (χ1v) is 6.55. The van der Waals surface area contributed by atoms with E-state index in [0.717, 1.165) is 17.7 Å². The fourth-order valence-corrected chi connectivity index (χ4v) is 2.90. The Morgan fingerprint density at radius 2 is 1.88 bits per heavy atom. The lowest BCUT2D eigenvalue weighted by Gasteiger charge is -2.17. The molecule has 0 amide bonds. The Bertz CT molecular complexity index is 582. The summed E-state index contributed by atoms with van der Waals surface area (Å²) in [6.45, 7) is 2.08. The summed E-state index contributed by atoms with van der Waals surface area (Å²) in [5.41, 5.74) is 3.88. The van der Waals surface area contributed by atoms with Gasteiger partial charge in [-0.05, 0) is 40.2 Å². The molecule has 0 unspecified atom stereocenters. The molecule has 2 heterocycles. The van der Waals surface area contributed by atoms with Crippen LogP contribution >= 0.6 is 15.9 Å². The standard InChI is InChI=1S/C14H14BrN2/c1-16-9-10-17-12(7-8-13(17)15)14(16)11-5-3-2-4-6-11/h2-8H,9-10H2,1H3/q+1. The monoisotopic (exact) mass is 289 g/mol. The summed E-state index contributed by atoms with van der Waals surface area (Å²) >= 11 is 3.60. The highest BCUT2D eigenvalue weighted by atomic mass is 79.9. The molecule has 3 rings (SSSR count). The average molecular weight is 290 g/mol. The van der Waals surface area contributed by atoms with Gasteiger partial charge in [-0.1, -0.05) is 18.2 Å². The van der Waals surface area contributed by atoms with Gasteiger partial charge in [-0.2, -0.15) is 0 Å². The summed E-state index contributed by atoms with van der Waals surface area (Å²) in [4.78, 5) is 0. The summed E-state index contributed by atoms with van der Waals surface area (Å²) in [6, 6.07) is 14.9. The minimum absolute atomic E-state index is 1.04. The van der Waals surface area contributed by atoms with Crippen LogP contribution in [0.5, 0.6) is 0 Å². The summed E-state index contributed by atoms with van der Waals surface area (Å²) in [6.07, 6.45) is 0. The van der Waals surface area contributed by atoms with Crippen molar-refractivity contribution < 1.29 is 4.58 Å². The highest BCUT2D eigenvalue weighted by molar-refractivity contribution is 9.10. The van der Waals surface area contributed by atoms with Gasteiger partial charge in [0.1, 0.15) is 12.7 Å². The largest absolute Gasteiger partial charge is 0.324 e. The topological polar surface area (TPSA) is 7.94 Å². The molecule has 0 radical (unpaired) electrons. The van der Waals surface area contributed by atoms with Crippen LogP contribution in [0.25, 0.3) is 0 Å². The van der Waals surface area contributed by atoms with E-state index >= 15 is 0 Å². The van der Waals surface area contributed by atoms with Gasteiger partial charge in [0.05, 0.1) is 11.1 Å². The molecule has 0 fully saturated rings. The van der Waals surface area contributed by atoms with Crippen molar-refractivity contribution in [2.24, 2.45) is 0 Å². The van der Waals surface area contributed by atoms with Crippen molar-refractivity contribution in [1.82, 2.24) is 4.57 Å². The van der Waals surface area contributed by atoms with E-state index in [4.69, 9.17) is 0 Å². The highest BCUT2D eigenvalue weighted by Crippen LogP contribution is 2.21. The van der Waals surface area contributed by atoms with Gasteiger partial charge in [-0.25, -0.2) is 4.58 Å². The van der Waals surface area contributed by atoms with Crippen LogP contribution in [0, 0.1) is 0 Å². The highest BCUT2D eigenvalue weighted by Gasteiger charge is 2.25. The van der Waals surface area contributed by atoms with E-state index in [1.165, 1.54) is 17.0 Å². The Labute approximate surface area is 109 Å². The van der Waals surface area contributed by atoms with Crippen LogP contribution in [0.15, 0.2) is 47.1 Å². The third-order valence-corrected chi connectivity index (χ3v) is 3.95. The zero-order valence-corrected chi connectivity index (χ0v) is 11.3. The molecule has 0 spiro atoms. The van der Waals surface area contributed by atoms with Crippen LogP contribution in [0.1, 0.15) is 11.3 Å². The lowest BCUT2D eigenvalue weighted by molar-refractivity contribution is -0.500. The molecule has 1 aliphatic rings. The Kier molecular flexibility index (Phi) is 2.63. The Morgan fingerprint density at radius 1 is 1.12 bits per heavy atom. The third-order valence-electron chi connectivity index (χ3n) is 3.26. The number of fused-ring (bicyclic) bond motifs is 1. The number of nitrogens with zero attached hydrogens (tertiary/aromatic N) is 2. The summed E-state index contributed by atoms with van der Waals surface area (Å²) in [7, 11) is 2.16. The predicted octanol–water partition coefficient (Wildman–Crippen LogP) is 2.74. The second-order valence-corrected chi connectivity index (χ2v) is 5.14. The number of hydrogen-bond donors (Lipinski definition) is 0. The molecule has 2 nitrogen and oxygen atoms in total. The molecule has 0 saturated heterocycles. The maximum absolute atomic E-state index is 3.60. The summed E-state index contributed by atoms with van der Waals surface area (Å²) in [5.74, 6) is 0. The molecule has 86 valence electrons. The van der Waals surface area contributed by atoms with E-state index in [2.05, 4.69) is 74.6 Å². The van der Waals surface area contributed by atoms with Gasteiger partial charge < -0.3 is 4.57 Å². The van der Waals surface area contributed by atoms with E-state index in [-0.39, 0.29) is 0 Å². The van der Waals surface area contributed by atoms with Crippen LogP contribution in [-0.2, 0) is 6.54 Å². The van der Waals surface area contributed by atoms with E-state index in [1.54, 1.807) is 0 Å². The third kappa shape index (κ3) is 1.75. The minimum Gasteiger partial charge on any atom is -0.324 e. The van der Waals surface area contributed by atoms with Crippen molar-refractivity contribution in [3.63, 3.8) is 0 Å². The van der Waals surface area contributed by atoms with E-state index in [9.17, 15) is 0 Å². The van der Waals surface area contributed by atoms with Crippen LogP contribution in [-0.4, -0.2) is 28.4 Å². The molecule has 0 N–H and O–H groups in total. The van der Waals surface area contributed by atoms with Crippen molar-refractivity contribution in [2.45, 2.75) is 6.54 Å². The second kappa shape index (κ2) is 4.15. The van der Waals surface area contributed by atoms with Crippen molar-refractivity contribution in [3.8, 4) is 0 Å². The summed E-state index contributed by atoms with van der Waals surface area (Å²) < 4.78 is 5.81. The predicted molar refractivity (Wildman–Crippen MR) is 72.8 cm³/mol. The van der Waals surface area contributed by atoms with Gasteiger partial charge in [-0.3, -0.25) is 0 Å². The molecule has 0 bridgehead atoms. The minimum atomic E-state index is 1.04. The Balaban J connectivity index is 2.21. The van der Waals surface area contributed by atoms with E-state index in [1.807, 2.05) is 0 Å². The normalized spacial score (nSPS) is 14.9. The van der Waals surface area contributed by atoms with Crippen molar-refractivity contribution in [1.29, 1.82) is 0 Å². The molecule has 3 heteroatoms. The van der Waals surface area contributed by atoms with Gasteiger partial charge in [0.25, 0.3) is 0 Å². The lowest BCUT2D eigenvalue weighted by Crippen LogP contribution is -2.31. The number of benzene rings is 1. The number of hydrogen-bond acceptors (Lipinski definition) is 0. The van der Waals surface area contributed by atoms with Gasteiger partial charge in [-0.15, -0.1) is 0 Å². The van der Waals surface area contributed by atoms with E-state index in [0.29, 0.717) is 0 Å². The molecule has 17 heavy (non-hydrogen) atoms. The first kappa shape index (κ1) is 10.8. The van der Waals surface area contributed by atoms with Gasteiger partial charge in [0.15, 0.2) is 6.54 Å². The lowest BCUT2D eigenvalue weighted by atomic mass is 10.1. The van der Waals surface area contributed by atoms with Crippen molar-refractivity contribution in [2.75, 3.05) is 13.6 Å². The molecule has 1 aromatic carbocycles. The smallest absolute Gasteiger partial charge is 0.231 e. The second-order valence-electron chi connectivity index (χ2n) is 4.33. The number of halogens is 1. The Morgan fingerprint density at radius 3 is 2.65 bits per heavy atom. The zero-order chi connectivity index (χ0) is 11.8. The molecule has 1 aliphatic heterocycles. The fourth-order valence-electron chi connectivity index (χ4n) is 2.40. The molecule has 0 saturated carbocycles. The first-order valence-electron chi connectivity index (χ1n) is 5.76. The van der Waals surface area contributed by atoms with Gasteiger partial charge in [0, 0.05) is 5.56 Å². The van der Waals surface area contributed by atoms with Crippen LogP contribution in [0.3, 0.4) is 0 Å². The molecular weight excluding hydrogens is 276 g/mol. The fraction of sp³-hybridized carbons (Fsp3) is 0.214. The van der Waals surface area contributed by atoms with Crippen LogP contribution in [0.4, 0.5) is 0 Å². The number of rotatable bonds is 1. The van der Waals surface area contributed by atoms with Crippen molar-refractivity contribution in [3.05, 3.63) is 58.3 Å². The number of likely N-dealkylation sites (N-methyl/N-ethyl adjacent to an activating group) is 1. The number of aromatic nitrogens is 1. The first-order chi connectivity index (χ1) is 8.27. The van der Waals surface area contributed by atoms with E-state index < -0.39 is 0 Å². The molecule has 0 aliphatic carbocycles. The Hall–Kier alpha value is -1.35. The maximum atomic E-state index is 3.60. The zero-order valence-electron chi connectivity index (χ0n) is 9.73. The average Bonchev–Trinajstić information content (AvgIpc) is 2.72. The SMILES string of the molecule is C[N+]1=C(c2ccccc2)c2ccc(Br)n2CC1. The quantitative estimate of drug-likeness (QED) is 0.714. The molecular formula is C14H14BrN2+. The van der Waals surface area contributed by atoms with Crippen LogP contribution in [0.2, 0.25) is 0 Å². The van der Waals surface area contributed by atoms with Gasteiger partial charge in [0.2, 0.25) is 5.71 Å². The molecule has 1 aromatic heterocycles. The molecule has 2 aromatic rings. The van der Waals surface area contributed by atoms with Crippen LogP contribution < -0.4 is 0 Å². The summed E-state index contributed by atoms with van der Waals surface area (Å²) in [5, 5.41) is 0. The maximum Gasteiger partial charge on any atom is 0.231 e. The van der Waals surface area contributed by atoms with Gasteiger partial charge >= 0.3 is 0 Å². The molecule has 0 atom stereocenters.